The van der Waals surface area contributed by atoms with Gasteiger partial charge in [-0.1, -0.05) is 6.07 Å². The Kier molecular flexibility index (Phi) is 3.30. The van der Waals surface area contributed by atoms with Crippen LogP contribution in [0.15, 0.2) is 38.0 Å². The molecule has 5 heteroatoms. The normalized spacial score (nSPS) is 19.8. The minimum Gasteiger partial charge on any atom is -0.450 e. The van der Waals surface area contributed by atoms with Crippen molar-refractivity contribution >= 4 is 31.9 Å². The molecule has 1 aliphatic rings. The summed E-state index contributed by atoms with van der Waals surface area (Å²) in [7, 11) is 0. The Morgan fingerprint density at radius 3 is 3.00 bits per heavy atom. The van der Waals surface area contributed by atoms with Crippen LogP contribution in [0.1, 0.15) is 35.5 Å². The number of hydrogen-bond donors (Lipinski definition) is 1. The summed E-state index contributed by atoms with van der Waals surface area (Å²) in [6, 6.07) is 5.81. The van der Waals surface area contributed by atoms with E-state index in [1.807, 2.05) is 6.07 Å². The van der Waals surface area contributed by atoms with Gasteiger partial charge in [-0.2, -0.15) is 0 Å². The van der Waals surface area contributed by atoms with E-state index in [9.17, 15) is 5.11 Å². The van der Waals surface area contributed by atoms with Gasteiger partial charge < -0.3 is 9.52 Å². The molecular formula is C13H11Br2NO2. The van der Waals surface area contributed by atoms with Crippen molar-refractivity contribution in [1.29, 1.82) is 0 Å². The third-order valence-corrected chi connectivity index (χ3v) is 5.05. The summed E-state index contributed by atoms with van der Waals surface area (Å²) in [4.78, 5) is 4.39. The first-order valence-corrected chi connectivity index (χ1v) is 7.32. The van der Waals surface area contributed by atoms with Crippen molar-refractivity contribution < 1.29 is 9.52 Å². The minimum absolute atomic E-state index is 0.0196. The van der Waals surface area contributed by atoms with Crippen molar-refractivity contribution in [1.82, 2.24) is 4.98 Å². The maximum atomic E-state index is 10.4. The SMILES string of the molecule is OC(c1cc(Br)c(Br)o1)C1CCc2cccnc21. The summed E-state index contributed by atoms with van der Waals surface area (Å²) < 4.78 is 6.92. The number of nitrogens with zero attached hydrogens (tertiary/aromatic N) is 1. The van der Waals surface area contributed by atoms with E-state index in [0.29, 0.717) is 10.4 Å². The number of hydrogen-bond acceptors (Lipinski definition) is 3. The van der Waals surface area contributed by atoms with E-state index in [0.717, 1.165) is 23.0 Å². The molecule has 0 radical (unpaired) electrons. The molecule has 0 fully saturated rings. The monoisotopic (exact) mass is 371 g/mol. The zero-order chi connectivity index (χ0) is 12.7. The Morgan fingerprint density at radius 2 is 2.28 bits per heavy atom. The Bertz CT molecular complexity index is 563. The Labute approximate surface area is 121 Å². The van der Waals surface area contributed by atoms with Crippen molar-refractivity contribution in [2.45, 2.75) is 24.9 Å². The molecule has 2 unspecified atom stereocenters. The Balaban J connectivity index is 1.92. The fourth-order valence-corrected chi connectivity index (χ4v) is 3.07. The molecule has 2 aromatic heterocycles. The van der Waals surface area contributed by atoms with Gasteiger partial charge in [-0.25, -0.2) is 0 Å². The number of aromatic nitrogens is 1. The van der Waals surface area contributed by atoms with Crippen LogP contribution in [0.25, 0.3) is 0 Å². The van der Waals surface area contributed by atoms with Gasteiger partial charge in [0.15, 0.2) is 4.67 Å². The number of fused-ring (bicyclic) bond motifs is 1. The van der Waals surface area contributed by atoms with Crippen molar-refractivity contribution in [3.8, 4) is 0 Å². The van der Waals surface area contributed by atoms with Crippen LogP contribution >= 0.6 is 31.9 Å². The predicted octanol–water partition coefficient (Wildman–Crippen LogP) is 3.96. The molecule has 0 bridgehead atoms. The fourth-order valence-electron chi connectivity index (χ4n) is 2.46. The lowest BCUT2D eigenvalue weighted by atomic mass is 9.98. The standard InChI is InChI=1S/C13H11Br2NO2/c14-9-6-10(18-13(9)15)12(17)8-4-3-7-2-1-5-16-11(7)8/h1-2,5-6,8,12,17H,3-4H2. The zero-order valence-corrected chi connectivity index (χ0v) is 12.6. The van der Waals surface area contributed by atoms with E-state index < -0.39 is 6.10 Å². The number of halogens is 2. The Hall–Kier alpha value is -0.650. The predicted molar refractivity (Wildman–Crippen MR) is 74.4 cm³/mol. The van der Waals surface area contributed by atoms with Crippen molar-refractivity contribution in [2.24, 2.45) is 0 Å². The van der Waals surface area contributed by atoms with Crippen LogP contribution in [0.5, 0.6) is 0 Å². The molecule has 18 heavy (non-hydrogen) atoms. The van der Waals surface area contributed by atoms with Crippen LogP contribution in [0.2, 0.25) is 0 Å². The number of aliphatic hydroxyl groups is 1. The molecule has 0 aromatic carbocycles. The summed E-state index contributed by atoms with van der Waals surface area (Å²) in [5, 5.41) is 10.4. The average Bonchev–Trinajstić information content (AvgIpc) is 2.93. The average molecular weight is 373 g/mol. The summed E-state index contributed by atoms with van der Waals surface area (Å²) >= 11 is 6.64. The molecule has 94 valence electrons. The van der Waals surface area contributed by atoms with Gasteiger partial charge in [0.25, 0.3) is 0 Å². The molecule has 3 nitrogen and oxygen atoms in total. The lowest BCUT2D eigenvalue weighted by Crippen LogP contribution is -2.08. The second-order valence-corrected chi connectivity index (χ2v) is 5.98. The van der Waals surface area contributed by atoms with Gasteiger partial charge in [0.2, 0.25) is 0 Å². The summed E-state index contributed by atoms with van der Waals surface area (Å²) in [5.74, 6) is 0.586. The van der Waals surface area contributed by atoms with Crippen LogP contribution < -0.4 is 0 Å². The van der Waals surface area contributed by atoms with Crippen LogP contribution in [0.3, 0.4) is 0 Å². The molecular weight excluding hydrogens is 362 g/mol. The molecule has 0 saturated carbocycles. The molecule has 1 N–H and O–H groups in total. The van der Waals surface area contributed by atoms with Crippen molar-refractivity contribution in [3.63, 3.8) is 0 Å². The molecule has 2 heterocycles. The van der Waals surface area contributed by atoms with Crippen molar-refractivity contribution in [2.75, 3.05) is 0 Å². The van der Waals surface area contributed by atoms with E-state index in [1.165, 1.54) is 5.56 Å². The van der Waals surface area contributed by atoms with Gasteiger partial charge in [0.05, 0.1) is 4.47 Å². The number of furan rings is 1. The molecule has 0 amide bonds. The quantitative estimate of drug-likeness (QED) is 0.867. The van der Waals surface area contributed by atoms with Crippen LogP contribution in [-0.2, 0) is 6.42 Å². The van der Waals surface area contributed by atoms with E-state index in [-0.39, 0.29) is 5.92 Å². The maximum absolute atomic E-state index is 10.4. The molecule has 2 atom stereocenters. The molecule has 0 aliphatic heterocycles. The van der Waals surface area contributed by atoms with Crippen LogP contribution in [0, 0.1) is 0 Å². The fraction of sp³-hybridized carbons (Fsp3) is 0.308. The second kappa shape index (κ2) is 4.79. The van der Waals surface area contributed by atoms with Gasteiger partial charge in [0, 0.05) is 17.8 Å². The zero-order valence-electron chi connectivity index (χ0n) is 9.44. The number of aliphatic hydroxyl groups excluding tert-OH is 1. The van der Waals surface area contributed by atoms with E-state index >= 15 is 0 Å². The van der Waals surface area contributed by atoms with Gasteiger partial charge in [-0.05, 0) is 62.4 Å². The topological polar surface area (TPSA) is 46.3 Å². The third-order valence-electron chi connectivity index (χ3n) is 3.34. The van der Waals surface area contributed by atoms with Gasteiger partial charge in [0.1, 0.15) is 11.9 Å². The smallest absolute Gasteiger partial charge is 0.183 e. The maximum Gasteiger partial charge on any atom is 0.183 e. The van der Waals surface area contributed by atoms with E-state index in [4.69, 9.17) is 4.42 Å². The first kappa shape index (κ1) is 12.4. The number of aryl methyl sites for hydroxylation is 1. The minimum atomic E-state index is -0.649. The van der Waals surface area contributed by atoms with Gasteiger partial charge >= 0.3 is 0 Å². The third kappa shape index (κ3) is 2.04. The first-order chi connectivity index (χ1) is 8.66. The lowest BCUT2D eigenvalue weighted by molar-refractivity contribution is 0.117. The van der Waals surface area contributed by atoms with Gasteiger partial charge in [-0.15, -0.1) is 0 Å². The molecule has 2 aromatic rings. The highest BCUT2D eigenvalue weighted by atomic mass is 79.9. The summed E-state index contributed by atoms with van der Waals surface area (Å²) in [6.07, 6.45) is 3.00. The highest BCUT2D eigenvalue weighted by Crippen LogP contribution is 2.42. The second-order valence-electron chi connectivity index (χ2n) is 4.41. The number of rotatable bonds is 2. The van der Waals surface area contributed by atoms with Gasteiger partial charge in [-0.3, -0.25) is 4.98 Å². The van der Waals surface area contributed by atoms with Crippen LogP contribution in [-0.4, -0.2) is 10.1 Å². The number of pyridine rings is 1. The Morgan fingerprint density at radius 1 is 1.44 bits per heavy atom. The van der Waals surface area contributed by atoms with E-state index in [2.05, 4.69) is 42.9 Å². The first-order valence-electron chi connectivity index (χ1n) is 5.73. The summed E-state index contributed by atoms with van der Waals surface area (Å²) in [6.45, 7) is 0. The highest BCUT2D eigenvalue weighted by molar-refractivity contribution is 9.13. The largest absolute Gasteiger partial charge is 0.450 e. The molecule has 1 aliphatic carbocycles. The molecule has 3 rings (SSSR count). The van der Waals surface area contributed by atoms with Crippen molar-refractivity contribution in [3.05, 3.63) is 50.6 Å². The molecule has 0 spiro atoms. The highest BCUT2D eigenvalue weighted by Gasteiger charge is 2.32. The van der Waals surface area contributed by atoms with E-state index in [1.54, 1.807) is 12.3 Å². The molecule has 0 saturated heterocycles. The lowest BCUT2D eigenvalue weighted by Gasteiger charge is -2.15. The summed E-state index contributed by atoms with van der Waals surface area (Å²) in [5.41, 5.74) is 2.22. The van der Waals surface area contributed by atoms with Crippen LogP contribution in [0.4, 0.5) is 0 Å².